The molecule has 0 radical (unpaired) electrons. The van der Waals surface area contributed by atoms with Crippen LogP contribution in [0.4, 0.5) is 0 Å². The minimum Gasteiger partial charge on any atom is -0.368 e. The predicted octanol–water partition coefficient (Wildman–Crippen LogP) is 0.0741. The number of carbonyl (C=O) groups excluding carboxylic acids is 2. The van der Waals surface area contributed by atoms with Gasteiger partial charge in [0.15, 0.2) is 0 Å². The largest absolute Gasteiger partial charge is 0.368 e. The maximum absolute atomic E-state index is 10.9. The summed E-state index contributed by atoms with van der Waals surface area (Å²) in [4.78, 5) is 21.6. The van der Waals surface area contributed by atoms with Crippen LogP contribution in [0.2, 0.25) is 0 Å². The molecule has 1 atom stereocenters. The van der Waals surface area contributed by atoms with Gasteiger partial charge in [-0.25, -0.2) is 0 Å². The molecule has 0 aromatic carbocycles. The fourth-order valence-electron chi connectivity index (χ4n) is 0.973. The van der Waals surface area contributed by atoms with E-state index < -0.39 is 6.10 Å². The molecule has 0 saturated carbocycles. The minimum atomic E-state index is -0.556. The van der Waals surface area contributed by atoms with Crippen LogP contribution in [0, 0.1) is 5.92 Å². The van der Waals surface area contributed by atoms with Gasteiger partial charge in [0.05, 0.1) is 6.42 Å². The van der Waals surface area contributed by atoms with Crippen molar-refractivity contribution in [1.29, 1.82) is 0 Å². The van der Waals surface area contributed by atoms with Gasteiger partial charge in [-0.3, -0.25) is 14.9 Å². The summed E-state index contributed by atoms with van der Waals surface area (Å²) in [6.07, 6.45) is -0.383. The van der Waals surface area contributed by atoms with Crippen LogP contribution in [-0.2, 0) is 14.3 Å². The van der Waals surface area contributed by atoms with Crippen molar-refractivity contribution in [3.63, 3.8) is 0 Å². The van der Waals surface area contributed by atoms with Crippen molar-refractivity contribution in [2.45, 2.75) is 26.4 Å². The van der Waals surface area contributed by atoms with Gasteiger partial charge in [0.2, 0.25) is 5.91 Å². The number of imide groups is 1. The Hall–Kier alpha value is -0.900. The molecular formula is C8H13NO3. The molecule has 1 fully saturated rings. The van der Waals surface area contributed by atoms with Crippen LogP contribution in [0.1, 0.15) is 20.3 Å². The van der Waals surface area contributed by atoms with Crippen molar-refractivity contribution in [1.82, 2.24) is 5.32 Å². The molecule has 0 bridgehead atoms. The molecule has 2 amide bonds. The molecule has 1 N–H and O–H groups in total. The van der Waals surface area contributed by atoms with E-state index in [1.165, 1.54) is 0 Å². The first-order chi connectivity index (χ1) is 5.59. The van der Waals surface area contributed by atoms with Crippen LogP contribution in [-0.4, -0.2) is 24.5 Å². The lowest BCUT2D eigenvalue weighted by atomic mass is 10.2. The summed E-state index contributed by atoms with van der Waals surface area (Å²) in [6, 6.07) is 0. The van der Waals surface area contributed by atoms with Crippen molar-refractivity contribution in [2.75, 3.05) is 6.61 Å². The lowest BCUT2D eigenvalue weighted by molar-refractivity contribution is -0.130. The molecule has 1 rings (SSSR count). The molecule has 0 aliphatic carbocycles. The highest BCUT2D eigenvalue weighted by atomic mass is 16.5. The molecule has 1 unspecified atom stereocenters. The molecule has 1 aliphatic heterocycles. The van der Waals surface area contributed by atoms with Gasteiger partial charge in [-0.1, -0.05) is 13.8 Å². The first kappa shape index (κ1) is 9.19. The van der Waals surface area contributed by atoms with E-state index in [4.69, 9.17) is 4.74 Å². The van der Waals surface area contributed by atoms with Crippen molar-refractivity contribution in [3.8, 4) is 0 Å². The fraction of sp³-hybridized carbons (Fsp3) is 0.750. The highest BCUT2D eigenvalue weighted by Gasteiger charge is 2.31. The zero-order chi connectivity index (χ0) is 9.14. The molecule has 0 aromatic heterocycles. The maximum Gasteiger partial charge on any atom is 0.256 e. The predicted molar refractivity (Wildman–Crippen MR) is 42.3 cm³/mol. The van der Waals surface area contributed by atoms with Crippen LogP contribution in [0.5, 0.6) is 0 Å². The molecule has 12 heavy (non-hydrogen) atoms. The summed E-state index contributed by atoms with van der Waals surface area (Å²) in [7, 11) is 0. The smallest absolute Gasteiger partial charge is 0.256 e. The summed E-state index contributed by atoms with van der Waals surface area (Å²) in [5.74, 6) is -0.164. The zero-order valence-corrected chi connectivity index (χ0v) is 7.29. The third-order valence-electron chi connectivity index (χ3n) is 1.56. The minimum absolute atomic E-state index is 0.172. The first-order valence-corrected chi connectivity index (χ1v) is 4.05. The highest BCUT2D eigenvalue weighted by Crippen LogP contribution is 2.07. The van der Waals surface area contributed by atoms with E-state index in [1.807, 2.05) is 13.8 Å². The van der Waals surface area contributed by atoms with Gasteiger partial charge >= 0.3 is 0 Å². The van der Waals surface area contributed by atoms with E-state index in [0.717, 1.165) is 0 Å². The zero-order valence-electron chi connectivity index (χ0n) is 7.29. The normalized spacial score (nSPS) is 23.4. The maximum atomic E-state index is 10.9. The van der Waals surface area contributed by atoms with Gasteiger partial charge in [-0.2, -0.15) is 0 Å². The SMILES string of the molecule is CC(C)COC1CC(=O)NC1=O. The average Bonchev–Trinajstić information content (AvgIpc) is 2.26. The molecule has 1 saturated heterocycles. The second-order valence-electron chi connectivity index (χ2n) is 3.33. The molecule has 0 spiro atoms. The van der Waals surface area contributed by atoms with E-state index in [9.17, 15) is 9.59 Å². The Balaban J connectivity index is 2.33. The van der Waals surface area contributed by atoms with Crippen LogP contribution >= 0.6 is 0 Å². The van der Waals surface area contributed by atoms with Crippen LogP contribution in [0.15, 0.2) is 0 Å². The third-order valence-corrected chi connectivity index (χ3v) is 1.56. The van der Waals surface area contributed by atoms with Crippen molar-refractivity contribution >= 4 is 11.8 Å². The van der Waals surface area contributed by atoms with Crippen molar-refractivity contribution < 1.29 is 14.3 Å². The van der Waals surface area contributed by atoms with Gasteiger partial charge in [-0.15, -0.1) is 0 Å². The van der Waals surface area contributed by atoms with Crippen LogP contribution < -0.4 is 5.32 Å². The number of carbonyl (C=O) groups is 2. The lowest BCUT2D eigenvalue weighted by Crippen LogP contribution is -2.27. The van der Waals surface area contributed by atoms with E-state index in [-0.39, 0.29) is 18.2 Å². The van der Waals surface area contributed by atoms with Gasteiger partial charge in [0.1, 0.15) is 6.10 Å². The van der Waals surface area contributed by atoms with Crippen molar-refractivity contribution in [3.05, 3.63) is 0 Å². The molecule has 0 aromatic rings. The molecular weight excluding hydrogens is 158 g/mol. The summed E-state index contributed by atoms with van der Waals surface area (Å²) >= 11 is 0. The topological polar surface area (TPSA) is 55.4 Å². The van der Waals surface area contributed by atoms with Gasteiger partial charge in [0.25, 0.3) is 5.91 Å². The number of hydrogen-bond acceptors (Lipinski definition) is 3. The summed E-state index contributed by atoms with van der Waals surface area (Å²) in [5, 5.41) is 2.19. The Labute approximate surface area is 71.3 Å². The Kier molecular flexibility index (Phi) is 2.81. The summed E-state index contributed by atoms with van der Waals surface area (Å²) in [5.41, 5.74) is 0. The van der Waals surface area contributed by atoms with E-state index in [0.29, 0.717) is 12.5 Å². The number of hydrogen-bond donors (Lipinski definition) is 1. The molecule has 1 heterocycles. The van der Waals surface area contributed by atoms with E-state index >= 15 is 0 Å². The Bertz CT molecular complexity index is 200. The standard InChI is InChI=1S/C8H13NO3/c1-5(2)4-12-6-3-7(10)9-8(6)11/h5-6H,3-4H2,1-2H3,(H,9,10,11). The average molecular weight is 171 g/mol. The monoisotopic (exact) mass is 171 g/mol. The van der Waals surface area contributed by atoms with E-state index in [2.05, 4.69) is 5.32 Å². The Morgan fingerprint density at radius 3 is 2.67 bits per heavy atom. The number of amides is 2. The second-order valence-corrected chi connectivity index (χ2v) is 3.33. The molecule has 1 aliphatic rings. The second kappa shape index (κ2) is 3.67. The Morgan fingerprint density at radius 1 is 1.58 bits per heavy atom. The van der Waals surface area contributed by atoms with Gasteiger partial charge in [-0.05, 0) is 5.92 Å². The first-order valence-electron chi connectivity index (χ1n) is 4.05. The quantitative estimate of drug-likeness (QED) is 0.611. The molecule has 4 nitrogen and oxygen atoms in total. The van der Waals surface area contributed by atoms with Gasteiger partial charge < -0.3 is 4.74 Å². The van der Waals surface area contributed by atoms with Crippen molar-refractivity contribution in [2.24, 2.45) is 5.92 Å². The highest BCUT2D eigenvalue weighted by molar-refractivity contribution is 6.04. The van der Waals surface area contributed by atoms with E-state index in [1.54, 1.807) is 0 Å². The fourth-order valence-corrected chi connectivity index (χ4v) is 0.973. The lowest BCUT2D eigenvalue weighted by Gasteiger charge is -2.09. The number of rotatable bonds is 3. The van der Waals surface area contributed by atoms with Crippen LogP contribution in [0.25, 0.3) is 0 Å². The number of nitrogens with one attached hydrogen (secondary N) is 1. The number of ether oxygens (including phenoxy) is 1. The molecule has 68 valence electrons. The summed E-state index contributed by atoms with van der Waals surface area (Å²) in [6.45, 7) is 4.51. The van der Waals surface area contributed by atoms with Crippen LogP contribution in [0.3, 0.4) is 0 Å². The van der Waals surface area contributed by atoms with Gasteiger partial charge in [0, 0.05) is 6.61 Å². The Morgan fingerprint density at radius 2 is 2.25 bits per heavy atom. The molecule has 4 heteroatoms. The summed E-state index contributed by atoms with van der Waals surface area (Å²) < 4.78 is 5.21. The third kappa shape index (κ3) is 2.30.